The first-order chi connectivity index (χ1) is 15.3. The van der Waals surface area contributed by atoms with Gasteiger partial charge in [0.1, 0.15) is 5.00 Å². The second-order valence-corrected chi connectivity index (χ2v) is 9.90. The molecule has 1 aromatic heterocycles. The topological polar surface area (TPSA) is 28.6 Å². The zero-order valence-electron chi connectivity index (χ0n) is 18.1. The van der Waals surface area contributed by atoms with Gasteiger partial charge < -0.3 is 9.64 Å². The van der Waals surface area contributed by atoms with Crippen molar-refractivity contribution in [1.82, 2.24) is 9.27 Å². The fraction of sp³-hybridized carbons (Fsp3) is 0.423. The molecule has 0 N–H and O–H groups in total. The van der Waals surface area contributed by atoms with Crippen LogP contribution < -0.4 is 9.64 Å². The lowest BCUT2D eigenvalue weighted by Crippen LogP contribution is -2.29. The molecule has 2 aliphatic heterocycles. The number of methoxy groups -OCH3 is 1. The number of nitrogens with zero attached hydrogens (tertiary/aromatic N) is 3. The van der Waals surface area contributed by atoms with E-state index in [2.05, 4.69) is 50.6 Å². The second kappa shape index (κ2) is 7.95. The molecular formula is C26H29N3OS. The highest BCUT2D eigenvalue weighted by atomic mass is 32.1. The summed E-state index contributed by atoms with van der Waals surface area (Å²) in [6, 6.07) is 14.2. The van der Waals surface area contributed by atoms with E-state index in [1.807, 2.05) is 13.3 Å². The minimum Gasteiger partial charge on any atom is -0.494 e. The Morgan fingerprint density at radius 1 is 1.00 bits per heavy atom. The number of likely N-dealkylation sites (tertiary alicyclic amines) is 1. The summed E-state index contributed by atoms with van der Waals surface area (Å²) in [5.41, 5.74) is 7.77. The summed E-state index contributed by atoms with van der Waals surface area (Å²) in [5, 5.41) is 1.31. The minimum atomic E-state index is 0.578. The molecule has 31 heavy (non-hydrogen) atoms. The number of piperidine rings is 1. The molecule has 1 saturated carbocycles. The Morgan fingerprint density at radius 2 is 1.81 bits per heavy atom. The summed E-state index contributed by atoms with van der Waals surface area (Å²) in [6.07, 6.45) is 9.53. The maximum Gasteiger partial charge on any atom is 0.150 e. The Balaban J connectivity index is 1.35. The van der Waals surface area contributed by atoms with Gasteiger partial charge >= 0.3 is 0 Å². The number of fused-ring (bicyclic) bond motifs is 2. The van der Waals surface area contributed by atoms with Crippen LogP contribution in [0, 0.1) is 0 Å². The molecule has 0 bridgehead atoms. The lowest BCUT2D eigenvalue weighted by Gasteiger charge is -2.33. The number of hydrogen-bond donors (Lipinski definition) is 0. The molecule has 3 aromatic rings. The lowest BCUT2D eigenvalue weighted by atomic mass is 9.94. The van der Waals surface area contributed by atoms with Gasteiger partial charge in [0.15, 0.2) is 5.75 Å². The Kier molecular flexibility index (Phi) is 4.96. The predicted octanol–water partition coefficient (Wildman–Crippen LogP) is 6.01. The molecule has 1 aliphatic carbocycles. The van der Waals surface area contributed by atoms with Crippen LogP contribution in [0.3, 0.4) is 0 Å². The van der Waals surface area contributed by atoms with Gasteiger partial charge in [-0.3, -0.25) is 4.90 Å². The third-order valence-electron chi connectivity index (χ3n) is 6.91. The van der Waals surface area contributed by atoms with Crippen LogP contribution in [-0.4, -0.2) is 35.5 Å². The summed E-state index contributed by atoms with van der Waals surface area (Å²) in [5.74, 6) is 1.01. The number of aromatic nitrogens is 1. The van der Waals surface area contributed by atoms with E-state index < -0.39 is 0 Å². The van der Waals surface area contributed by atoms with Crippen LogP contribution in [0.1, 0.15) is 48.8 Å². The number of benzene rings is 2. The normalized spacial score (nSPS) is 18.5. The van der Waals surface area contributed by atoms with E-state index in [0.29, 0.717) is 6.04 Å². The van der Waals surface area contributed by atoms with Crippen molar-refractivity contribution in [2.24, 2.45) is 0 Å². The highest BCUT2D eigenvalue weighted by molar-refractivity contribution is 7.10. The van der Waals surface area contributed by atoms with Gasteiger partial charge in [-0.25, -0.2) is 0 Å². The zero-order valence-corrected chi connectivity index (χ0v) is 19.0. The fourth-order valence-corrected chi connectivity index (χ4v) is 6.03. The molecule has 1 saturated heterocycles. The van der Waals surface area contributed by atoms with Gasteiger partial charge in [-0.05, 0) is 67.0 Å². The predicted molar refractivity (Wildman–Crippen MR) is 128 cm³/mol. The van der Waals surface area contributed by atoms with Crippen molar-refractivity contribution >= 4 is 22.2 Å². The first kappa shape index (κ1) is 19.3. The fourth-order valence-electron chi connectivity index (χ4n) is 5.18. The van der Waals surface area contributed by atoms with E-state index in [1.54, 1.807) is 11.5 Å². The van der Waals surface area contributed by atoms with Gasteiger partial charge in [0.05, 0.1) is 12.8 Å². The van der Waals surface area contributed by atoms with Crippen molar-refractivity contribution in [2.45, 2.75) is 51.1 Å². The first-order valence-electron chi connectivity index (χ1n) is 11.6. The van der Waals surface area contributed by atoms with E-state index >= 15 is 0 Å². The van der Waals surface area contributed by atoms with Crippen LogP contribution in [0.5, 0.6) is 5.75 Å². The lowest BCUT2D eigenvalue weighted by molar-refractivity contribution is 0.221. The van der Waals surface area contributed by atoms with Gasteiger partial charge in [0.2, 0.25) is 0 Å². The van der Waals surface area contributed by atoms with Crippen molar-refractivity contribution in [2.75, 3.05) is 25.1 Å². The quantitative estimate of drug-likeness (QED) is 0.495. The van der Waals surface area contributed by atoms with Gasteiger partial charge in [-0.2, -0.15) is 4.37 Å². The Bertz CT molecular complexity index is 1080. The van der Waals surface area contributed by atoms with Gasteiger partial charge in [-0.15, -0.1) is 0 Å². The van der Waals surface area contributed by atoms with Gasteiger partial charge in [0, 0.05) is 36.3 Å². The highest BCUT2D eigenvalue weighted by Crippen LogP contribution is 2.53. The van der Waals surface area contributed by atoms with Gasteiger partial charge in [0.25, 0.3) is 0 Å². The standard InChI is InChI=1S/C26H29N3OS/c1-30-25-23(19-7-5-18(6-8-19)17-28-13-3-2-4-14-28)12-9-20-15-21-16-27-31-26(21)29(24(20)25)22-10-11-22/h5-9,12,16,22H,2-4,10-11,13-15,17H2,1H3. The Morgan fingerprint density at radius 3 is 2.55 bits per heavy atom. The third-order valence-corrected chi connectivity index (χ3v) is 7.76. The molecule has 5 heteroatoms. The van der Waals surface area contributed by atoms with Crippen LogP contribution in [0.2, 0.25) is 0 Å². The largest absolute Gasteiger partial charge is 0.494 e. The van der Waals surface area contributed by atoms with Crippen LogP contribution in [0.15, 0.2) is 42.6 Å². The van der Waals surface area contributed by atoms with Crippen LogP contribution in [0.4, 0.5) is 10.7 Å². The maximum atomic E-state index is 6.08. The zero-order chi connectivity index (χ0) is 20.8. The van der Waals surface area contributed by atoms with Crippen molar-refractivity contribution in [3.63, 3.8) is 0 Å². The van der Waals surface area contributed by atoms with Crippen molar-refractivity contribution in [3.05, 3.63) is 59.3 Å². The van der Waals surface area contributed by atoms with E-state index in [9.17, 15) is 0 Å². The molecule has 0 atom stereocenters. The number of hydrogen-bond acceptors (Lipinski definition) is 5. The average Bonchev–Trinajstić information content (AvgIpc) is 3.54. The first-order valence-corrected chi connectivity index (χ1v) is 12.3. The molecule has 0 amide bonds. The monoisotopic (exact) mass is 431 g/mol. The third kappa shape index (κ3) is 3.54. The van der Waals surface area contributed by atoms with Crippen molar-refractivity contribution in [3.8, 4) is 16.9 Å². The molecule has 3 aliphatic rings. The van der Waals surface area contributed by atoms with Crippen molar-refractivity contribution < 1.29 is 4.74 Å². The molecule has 0 spiro atoms. The SMILES string of the molecule is COc1c(-c2ccc(CN3CCCCC3)cc2)ccc2c1N(C1CC1)c1sncc1C2. The minimum absolute atomic E-state index is 0.578. The molecule has 6 rings (SSSR count). The molecule has 160 valence electrons. The Labute approximate surface area is 188 Å². The molecule has 3 heterocycles. The van der Waals surface area contributed by atoms with Crippen LogP contribution >= 0.6 is 11.5 Å². The molecule has 0 unspecified atom stereocenters. The molecule has 2 fully saturated rings. The summed E-state index contributed by atoms with van der Waals surface area (Å²) in [4.78, 5) is 5.09. The Hall–Kier alpha value is -2.37. The van der Waals surface area contributed by atoms with Crippen LogP contribution in [0.25, 0.3) is 11.1 Å². The van der Waals surface area contributed by atoms with E-state index in [-0.39, 0.29) is 0 Å². The highest BCUT2D eigenvalue weighted by Gasteiger charge is 2.38. The average molecular weight is 432 g/mol. The van der Waals surface area contributed by atoms with Crippen LogP contribution in [-0.2, 0) is 13.0 Å². The number of anilines is 2. The van der Waals surface area contributed by atoms with E-state index in [0.717, 1.165) is 18.7 Å². The van der Waals surface area contributed by atoms with Gasteiger partial charge in [-0.1, -0.05) is 42.8 Å². The summed E-state index contributed by atoms with van der Waals surface area (Å²) < 4.78 is 10.6. The number of ether oxygens (including phenoxy) is 1. The summed E-state index contributed by atoms with van der Waals surface area (Å²) in [6.45, 7) is 3.53. The second-order valence-electron chi connectivity index (χ2n) is 9.12. The summed E-state index contributed by atoms with van der Waals surface area (Å²) in [7, 11) is 1.82. The van der Waals surface area contributed by atoms with Crippen molar-refractivity contribution in [1.29, 1.82) is 0 Å². The summed E-state index contributed by atoms with van der Waals surface area (Å²) >= 11 is 1.62. The smallest absolute Gasteiger partial charge is 0.150 e. The molecule has 0 radical (unpaired) electrons. The molecular weight excluding hydrogens is 402 g/mol. The molecule has 4 nitrogen and oxygen atoms in total. The number of rotatable bonds is 5. The maximum absolute atomic E-state index is 6.08. The molecule has 2 aromatic carbocycles. The van der Waals surface area contributed by atoms with E-state index in [1.165, 1.54) is 83.7 Å². The van der Waals surface area contributed by atoms with E-state index in [4.69, 9.17) is 4.74 Å².